The lowest BCUT2D eigenvalue weighted by molar-refractivity contribution is 0.102. The van der Waals surface area contributed by atoms with E-state index in [-0.39, 0.29) is 34.6 Å². The predicted octanol–water partition coefficient (Wildman–Crippen LogP) is 3.60. The lowest BCUT2D eigenvalue weighted by atomic mass is 10.3. The van der Waals surface area contributed by atoms with Gasteiger partial charge in [-0.1, -0.05) is 0 Å². The van der Waals surface area contributed by atoms with Gasteiger partial charge in [0.2, 0.25) is 11.6 Å². The van der Waals surface area contributed by atoms with E-state index in [1.165, 1.54) is 0 Å². The summed E-state index contributed by atoms with van der Waals surface area (Å²) in [7, 11) is 0. The lowest BCUT2D eigenvalue weighted by Crippen LogP contribution is -2.07. The summed E-state index contributed by atoms with van der Waals surface area (Å²) in [4.78, 5) is 52.3. The van der Waals surface area contributed by atoms with Gasteiger partial charge in [0.15, 0.2) is 11.6 Å². The van der Waals surface area contributed by atoms with Crippen LogP contribution < -0.4 is 0 Å². The highest BCUT2D eigenvalue weighted by Gasteiger charge is 2.20. The smallest absolute Gasteiger partial charge is 0.244 e. The fourth-order valence-electron chi connectivity index (χ4n) is 4.27. The molecule has 0 bridgehead atoms. The van der Waals surface area contributed by atoms with Crippen LogP contribution in [0, 0.1) is 0 Å². The summed E-state index contributed by atoms with van der Waals surface area (Å²) in [6.45, 7) is 0. The molecule has 0 spiro atoms. The van der Waals surface area contributed by atoms with E-state index in [0.29, 0.717) is 11.0 Å². The van der Waals surface area contributed by atoms with Gasteiger partial charge in [-0.2, -0.15) is 0 Å². The lowest BCUT2D eigenvalue weighted by Gasteiger charge is -2.00. The van der Waals surface area contributed by atoms with Crippen molar-refractivity contribution in [3.63, 3.8) is 0 Å². The Bertz CT molecular complexity index is 1780. The van der Waals surface area contributed by atoms with Crippen molar-refractivity contribution < 1.29 is 9.59 Å². The zero-order valence-corrected chi connectivity index (χ0v) is 19.1. The molecule has 11 nitrogen and oxygen atoms in total. The second-order valence-corrected chi connectivity index (χ2v) is 8.46. The van der Waals surface area contributed by atoms with Gasteiger partial charge in [-0.05, 0) is 48.5 Å². The molecule has 5 aromatic heterocycles. The van der Waals surface area contributed by atoms with Gasteiger partial charge in [0.1, 0.15) is 0 Å². The van der Waals surface area contributed by atoms with E-state index in [1.807, 2.05) is 57.9 Å². The molecular formula is C26H17N9O2. The largest absolute Gasteiger partial charge is 0.349 e. The van der Waals surface area contributed by atoms with Crippen LogP contribution in [0.4, 0.5) is 0 Å². The third kappa shape index (κ3) is 3.53. The number of hydrogen-bond donors (Lipinski definition) is 3. The number of imidazole rings is 4. The van der Waals surface area contributed by atoms with Crippen LogP contribution in [0.1, 0.15) is 32.6 Å². The Morgan fingerprint density at radius 2 is 1.11 bits per heavy atom. The van der Waals surface area contributed by atoms with Crippen LogP contribution in [0.5, 0.6) is 0 Å². The number of nitrogens with zero attached hydrogens (tertiary/aromatic N) is 6. The van der Waals surface area contributed by atoms with Crippen molar-refractivity contribution in [1.29, 1.82) is 0 Å². The number of benzene rings is 2. The number of ketones is 2. The van der Waals surface area contributed by atoms with E-state index in [9.17, 15) is 9.59 Å². The van der Waals surface area contributed by atoms with E-state index in [2.05, 4.69) is 34.9 Å². The predicted molar refractivity (Wildman–Crippen MR) is 134 cm³/mol. The fraction of sp³-hybridized carbons (Fsp3) is 0. The Kier molecular flexibility index (Phi) is 4.48. The SMILES string of the molecule is O=C(c1ccc(C(=O)c2nc3ccc(-n4ccnc4)cc3[nH]2)[nH]1)c1nc2ccc(-n3ccnc3)cc2[nH]1. The van der Waals surface area contributed by atoms with Gasteiger partial charge < -0.3 is 24.1 Å². The minimum atomic E-state index is -0.353. The third-order valence-electron chi connectivity index (χ3n) is 6.14. The molecule has 5 heterocycles. The molecule has 7 aromatic rings. The van der Waals surface area contributed by atoms with Crippen LogP contribution in [-0.4, -0.2) is 55.6 Å². The summed E-state index contributed by atoms with van der Waals surface area (Å²) in [6, 6.07) is 14.4. The van der Waals surface area contributed by atoms with Crippen molar-refractivity contribution in [2.24, 2.45) is 0 Å². The highest BCUT2D eigenvalue weighted by molar-refractivity contribution is 6.10. The quantitative estimate of drug-likeness (QED) is 0.306. The van der Waals surface area contributed by atoms with Crippen molar-refractivity contribution in [2.45, 2.75) is 0 Å². The molecule has 0 aliphatic carbocycles. The Morgan fingerprint density at radius 3 is 1.54 bits per heavy atom. The first-order chi connectivity index (χ1) is 18.1. The van der Waals surface area contributed by atoms with Gasteiger partial charge in [0.05, 0.1) is 46.1 Å². The van der Waals surface area contributed by atoms with Crippen molar-refractivity contribution >= 4 is 33.6 Å². The molecule has 0 fully saturated rings. The van der Waals surface area contributed by atoms with Gasteiger partial charge in [-0.15, -0.1) is 0 Å². The first kappa shape index (κ1) is 20.8. The normalized spacial score (nSPS) is 11.5. The van der Waals surface area contributed by atoms with Crippen molar-refractivity contribution in [3.8, 4) is 11.4 Å². The van der Waals surface area contributed by atoms with Crippen LogP contribution in [0.25, 0.3) is 33.4 Å². The summed E-state index contributed by atoms with van der Waals surface area (Å²) in [5, 5.41) is 0. The minimum Gasteiger partial charge on any atom is -0.349 e. The molecule has 178 valence electrons. The van der Waals surface area contributed by atoms with E-state index in [4.69, 9.17) is 0 Å². The van der Waals surface area contributed by atoms with E-state index in [0.717, 1.165) is 22.4 Å². The molecule has 0 saturated heterocycles. The third-order valence-corrected chi connectivity index (χ3v) is 6.14. The van der Waals surface area contributed by atoms with Crippen LogP contribution in [-0.2, 0) is 0 Å². The van der Waals surface area contributed by atoms with Gasteiger partial charge >= 0.3 is 0 Å². The molecule has 3 N–H and O–H groups in total. The monoisotopic (exact) mass is 487 g/mol. The molecule has 0 unspecified atom stereocenters. The summed E-state index contributed by atoms with van der Waals surface area (Å²) < 4.78 is 3.72. The number of rotatable bonds is 6. The number of carbonyl (C=O) groups excluding carboxylic acids is 2. The molecule has 0 aliphatic rings. The van der Waals surface area contributed by atoms with Crippen LogP contribution in [0.15, 0.2) is 86.0 Å². The van der Waals surface area contributed by atoms with Crippen molar-refractivity contribution in [2.75, 3.05) is 0 Å². The Balaban J connectivity index is 1.15. The number of aromatic nitrogens is 9. The highest BCUT2D eigenvalue weighted by Crippen LogP contribution is 2.20. The molecule has 2 aromatic carbocycles. The average molecular weight is 487 g/mol. The first-order valence-electron chi connectivity index (χ1n) is 11.4. The van der Waals surface area contributed by atoms with Crippen LogP contribution in [0.3, 0.4) is 0 Å². The Labute approximate surface area is 207 Å². The van der Waals surface area contributed by atoms with Crippen molar-refractivity contribution in [3.05, 3.63) is 109 Å². The number of fused-ring (bicyclic) bond motifs is 2. The second kappa shape index (κ2) is 7.99. The average Bonchev–Trinajstić information content (AvgIpc) is 3.75. The molecule has 0 amide bonds. The first-order valence-corrected chi connectivity index (χ1v) is 11.4. The minimum absolute atomic E-state index is 0.175. The molecule has 0 radical (unpaired) electrons. The summed E-state index contributed by atoms with van der Waals surface area (Å²) in [6.07, 6.45) is 10.5. The van der Waals surface area contributed by atoms with Crippen LogP contribution >= 0.6 is 0 Å². The van der Waals surface area contributed by atoms with E-state index >= 15 is 0 Å². The molecule has 0 atom stereocenters. The van der Waals surface area contributed by atoms with Crippen molar-refractivity contribution in [1.82, 2.24) is 44.0 Å². The van der Waals surface area contributed by atoms with Crippen LogP contribution in [0.2, 0.25) is 0 Å². The number of aromatic amines is 3. The standard InChI is InChI=1S/C26H17N9O2/c36-23(25-30-17-3-1-15(11-21(17)32-25)34-9-7-27-13-34)19-5-6-20(29-19)24(37)26-31-18-4-2-16(12-22(18)33-26)35-10-8-28-14-35/h1-14,29H,(H,30,32)(H,31,33). The van der Waals surface area contributed by atoms with Gasteiger partial charge in [-0.25, -0.2) is 19.9 Å². The maximum atomic E-state index is 13.1. The Hall–Kier alpha value is -5.58. The molecule has 7 rings (SSSR count). The summed E-state index contributed by atoms with van der Waals surface area (Å²) in [5.41, 5.74) is 5.03. The van der Waals surface area contributed by atoms with Gasteiger partial charge in [-0.3, -0.25) is 9.59 Å². The number of hydrogen-bond acceptors (Lipinski definition) is 6. The zero-order valence-electron chi connectivity index (χ0n) is 19.1. The van der Waals surface area contributed by atoms with Gasteiger partial charge in [0, 0.05) is 36.2 Å². The highest BCUT2D eigenvalue weighted by atomic mass is 16.1. The number of H-pyrrole nitrogens is 3. The topological polar surface area (TPSA) is 143 Å². The zero-order chi connectivity index (χ0) is 24.9. The number of nitrogens with one attached hydrogen (secondary N) is 3. The molecule has 37 heavy (non-hydrogen) atoms. The second-order valence-electron chi connectivity index (χ2n) is 8.46. The molecule has 0 saturated carbocycles. The summed E-state index contributed by atoms with van der Waals surface area (Å²) in [5.74, 6) is -0.355. The Morgan fingerprint density at radius 1 is 0.622 bits per heavy atom. The maximum Gasteiger partial charge on any atom is 0.244 e. The van der Waals surface area contributed by atoms with E-state index in [1.54, 1.807) is 37.2 Å². The van der Waals surface area contributed by atoms with Gasteiger partial charge in [0.25, 0.3) is 0 Å². The molecular weight excluding hydrogens is 470 g/mol. The maximum absolute atomic E-state index is 13.1. The fourth-order valence-corrected chi connectivity index (χ4v) is 4.27. The molecule has 11 heteroatoms. The molecule has 0 aliphatic heterocycles. The summed E-state index contributed by atoms with van der Waals surface area (Å²) >= 11 is 0. The number of carbonyl (C=O) groups is 2. The van der Waals surface area contributed by atoms with E-state index < -0.39 is 0 Å².